The molecule has 0 unspecified atom stereocenters. The van der Waals surface area contributed by atoms with E-state index in [0.717, 1.165) is 63.6 Å². The van der Waals surface area contributed by atoms with Crippen LogP contribution in [0, 0.1) is 0 Å². The second-order valence-electron chi connectivity index (χ2n) is 7.12. The standard InChI is InChI=1S/C20H28N6O3/c21-18-3-2-16(15-22-18)17-14-19(24-20(23-17)26-7-12-28-13-8-26)29-9-1-4-25-5-10-27-11-6-25/h2-3,14-15H,1,4-13H2,(H2,21,22). The Bertz CT molecular complexity index is 776. The summed E-state index contributed by atoms with van der Waals surface area (Å²) in [6.45, 7) is 8.09. The van der Waals surface area contributed by atoms with Crippen molar-refractivity contribution in [2.24, 2.45) is 0 Å². The first-order valence-corrected chi connectivity index (χ1v) is 10.1. The maximum Gasteiger partial charge on any atom is 0.229 e. The Morgan fingerprint density at radius 2 is 1.76 bits per heavy atom. The summed E-state index contributed by atoms with van der Waals surface area (Å²) < 4.78 is 16.8. The van der Waals surface area contributed by atoms with E-state index in [1.165, 1.54) is 0 Å². The zero-order chi connectivity index (χ0) is 19.9. The fourth-order valence-electron chi connectivity index (χ4n) is 3.39. The molecule has 0 spiro atoms. The molecule has 4 heterocycles. The van der Waals surface area contributed by atoms with Crippen molar-refractivity contribution in [2.45, 2.75) is 6.42 Å². The highest BCUT2D eigenvalue weighted by Gasteiger charge is 2.17. The predicted octanol–water partition coefficient (Wildman–Crippen LogP) is 1.06. The molecule has 9 nitrogen and oxygen atoms in total. The highest BCUT2D eigenvalue weighted by molar-refractivity contribution is 5.62. The van der Waals surface area contributed by atoms with Crippen molar-refractivity contribution >= 4 is 11.8 Å². The summed E-state index contributed by atoms with van der Waals surface area (Å²) in [5, 5.41) is 0. The van der Waals surface area contributed by atoms with E-state index < -0.39 is 0 Å². The molecule has 2 aliphatic rings. The van der Waals surface area contributed by atoms with Crippen LogP contribution in [0.15, 0.2) is 24.4 Å². The number of rotatable bonds is 7. The van der Waals surface area contributed by atoms with Crippen LogP contribution in [0.25, 0.3) is 11.3 Å². The minimum absolute atomic E-state index is 0.482. The number of ether oxygens (including phenoxy) is 3. The molecule has 2 aliphatic heterocycles. The van der Waals surface area contributed by atoms with Crippen LogP contribution in [-0.2, 0) is 9.47 Å². The third kappa shape index (κ3) is 5.53. The van der Waals surface area contributed by atoms with Gasteiger partial charge in [0.15, 0.2) is 0 Å². The topological polar surface area (TPSA) is 98.9 Å². The number of nitrogens with two attached hydrogens (primary N) is 1. The van der Waals surface area contributed by atoms with Crippen molar-refractivity contribution in [2.75, 3.05) is 76.4 Å². The monoisotopic (exact) mass is 400 g/mol. The molecule has 29 heavy (non-hydrogen) atoms. The van der Waals surface area contributed by atoms with Gasteiger partial charge < -0.3 is 24.8 Å². The summed E-state index contributed by atoms with van der Waals surface area (Å²) in [6.07, 6.45) is 2.67. The van der Waals surface area contributed by atoms with E-state index in [-0.39, 0.29) is 0 Å². The lowest BCUT2D eigenvalue weighted by Gasteiger charge is -2.27. The van der Waals surface area contributed by atoms with Gasteiger partial charge in [0.1, 0.15) is 5.82 Å². The molecular weight excluding hydrogens is 372 g/mol. The summed E-state index contributed by atoms with van der Waals surface area (Å²) in [5.74, 6) is 1.72. The Kier molecular flexibility index (Phi) is 6.71. The molecule has 4 rings (SSSR count). The molecule has 2 fully saturated rings. The Balaban J connectivity index is 1.45. The molecule has 9 heteroatoms. The fourth-order valence-corrected chi connectivity index (χ4v) is 3.39. The first-order chi connectivity index (χ1) is 14.3. The predicted molar refractivity (Wildman–Crippen MR) is 110 cm³/mol. The van der Waals surface area contributed by atoms with Crippen molar-refractivity contribution in [3.63, 3.8) is 0 Å². The van der Waals surface area contributed by atoms with Crippen LogP contribution in [-0.4, -0.2) is 85.6 Å². The van der Waals surface area contributed by atoms with Crippen LogP contribution in [0.3, 0.4) is 0 Å². The van der Waals surface area contributed by atoms with Crippen LogP contribution in [0.2, 0.25) is 0 Å². The Labute approximate surface area is 170 Å². The van der Waals surface area contributed by atoms with Crippen molar-refractivity contribution in [1.82, 2.24) is 19.9 Å². The first kappa shape index (κ1) is 19.8. The van der Waals surface area contributed by atoms with Gasteiger partial charge in [-0.25, -0.2) is 9.97 Å². The van der Waals surface area contributed by atoms with E-state index in [1.807, 2.05) is 12.1 Å². The maximum absolute atomic E-state index is 6.00. The second kappa shape index (κ2) is 9.82. The van der Waals surface area contributed by atoms with E-state index in [9.17, 15) is 0 Å². The van der Waals surface area contributed by atoms with Gasteiger partial charge in [-0.05, 0) is 18.6 Å². The van der Waals surface area contributed by atoms with Crippen molar-refractivity contribution < 1.29 is 14.2 Å². The molecule has 0 bridgehead atoms. The number of nitrogens with zero attached hydrogens (tertiary/aromatic N) is 5. The van der Waals surface area contributed by atoms with E-state index in [2.05, 4.69) is 19.8 Å². The third-order valence-corrected chi connectivity index (χ3v) is 5.04. The van der Waals surface area contributed by atoms with E-state index in [0.29, 0.717) is 37.5 Å². The van der Waals surface area contributed by atoms with Gasteiger partial charge in [-0.3, -0.25) is 4.90 Å². The molecule has 0 saturated carbocycles. The van der Waals surface area contributed by atoms with Gasteiger partial charge in [0.2, 0.25) is 11.8 Å². The molecule has 156 valence electrons. The lowest BCUT2D eigenvalue weighted by atomic mass is 10.2. The van der Waals surface area contributed by atoms with Crippen LogP contribution in [0.1, 0.15) is 6.42 Å². The van der Waals surface area contributed by atoms with Gasteiger partial charge >= 0.3 is 0 Å². The molecule has 2 aromatic heterocycles. The fraction of sp³-hybridized carbons (Fsp3) is 0.550. The summed E-state index contributed by atoms with van der Waals surface area (Å²) in [5.41, 5.74) is 7.38. The average Bonchev–Trinajstić information content (AvgIpc) is 2.78. The lowest BCUT2D eigenvalue weighted by molar-refractivity contribution is 0.0357. The number of morpholine rings is 2. The van der Waals surface area contributed by atoms with Crippen LogP contribution in [0.4, 0.5) is 11.8 Å². The average molecular weight is 400 g/mol. The number of hydrogen-bond acceptors (Lipinski definition) is 9. The summed E-state index contributed by atoms with van der Waals surface area (Å²) in [7, 11) is 0. The largest absolute Gasteiger partial charge is 0.477 e. The summed E-state index contributed by atoms with van der Waals surface area (Å²) >= 11 is 0. The number of aromatic nitrogens is 3. The zero-order valence-electron chi connectivity index (χ0n) is 16.6. The zero-order valence-corrected chi connectivity index (χ0v) is 16.6. The van der Waals surface area contributed by atoms with Gasteiger partial charge in [-0.15, -0.1) is 0 Å². The molecule has 2 aromatic rings. The van der Waals surface area contributed by atoms with Gasteiger partial charge in [0, 0.05) is 50.6 Å². The number of nitrogen functional groups attached to an aromatic ring is 1. The highest BCUT2D eigenvalue weighted by Crippen LogP contribution is 2.24. The number of anilines is 2. The van der Waals surface area contributed by atoms with Crippen molar-refractivity contribution in [1.29, 1.82) is 0 Å². The number of hydrogen-bond donors (Lipinski definition) is 1. The molecule has 0 amide bonds. The molecule has 2 saturated heterocycles. The lowest BCUT2D eigenvalue weighted by Crippen LogP contribution is -2.37. The highest BCUT2D eigenvalue weighted by atomic mass is 16.5. The Hall–Kier alpha value is -2.49. The van der Waals surface area contributed by atoms with Gasteiger partial charge in [0.25, 0.3) is 0 Å². The minimum atomic E-state index is 0.482. The second-order valence-corrected chi connectivity index (χ2v) is 7.12. The van der Waals surface area contributed by atoms with E-state index in [4.69, 9.17) is 24.9 Å². The first-order valence-electron chi connectivity index (χ1n) is 10.1. The van der Waals surface area contributed by atoms with Crippen molar-refractivity contribution in [3.05, 3.63) is 24.4 Å². The minimum Gasteiger partial charge on any atom is -0.477 e. The SMILES string of the molecule is Nc1ccc(-c2cc(OCCCN3CCOCC3)nc(N3CCOCC3)n2)cn1. The van der Waals surface area contributed by atoms with Crippen molar-refractivity contribution in [3.8, 4) is 17.1 Å². The summed E-state index contributed by atoms with van der Waals surface area (Å²) in [6, 6.07) is 5.55. The third-order valence-electron chi connectivity index (χ3n) is 5.04. The Morgan fingerprint density at radius 3 is 2.48 bits per heavy atom. The normalized spacial score (nSPS) is 18.0. The maximum atomic E-state index is 6.00. The van der Waals surface area contributed by atoms with Crippen LogP contribution >= 0.6 is 0 Å². The molecule has 0 aromatic carbocycles. The molecule has 0 radical (unpaired) electrons. The quantitative estimate of drug-likeness (QED) is 0.684. The smallest absolute Gasteiger partial charge is 0.229 e. The molecular formula is C20H28N6O3. The van der Waals surface area contributed by atoms with Crippen LogP contribution in [0.5, 0.6) is 5.88 Å². The molecule has 2 N–H and O–H groups in total. The van der Waals surface area contributed by atoms with E-state index >= 15 is 0 Å². The summed E-state index contributed by atoms with van der Waals surface area (Å²) in [4.78, 5) is 18.1. The molecule has 0 atom stereocenters. The number of pyridine rings is 1. The van der Waals surface area contributed by atoms with Gasteiger partial charge in [-0.2, -0.15) is 4.98 Å². The van der Waals surface area contributed by atoms with E-state index in [1.54, 1.807) is 12.3 Å². The Morgan fingerprint density at radius 1 is 1.00 bits per heavy atom. The van der Waals surface area contributed by atoms with Gasteiger partial charge in [0.05, 0.1) is 38.7 Å². The van der Waals surface area contributed by atoms with Crippen LogP contribution < -0.4 is 15.4 Å². The van der Waals surface area contributed by atoms with Gasteiger partial charge in [-0.1, -0.05) is 0 Å². The molecule has 0 aliphatic carbocycles.